The summed E-state index contributed by atoms with van der Waals surface area (Å²) in [6, 6.07) is 2.85. The van der Waals surface area contributed by atoms with Crippen LogP contribution in [-0.2, 0) is 29.3 Å². The van der Waals surface area contributed by atoms with Crippen LogP contribution in [0.5, 0.6) is 11.5 Å². The van der Waals surface area contributed by atoms with Crippen LogP contribution in [0.2, 0.25) is 0 Å². The molecule has 4 rings (SSSR count). The van der Waals surface area contributed by atoms with Crippen LogP contribution in [0.15, 0.2) is 12.1 Å². The first-order chi connectivity index (χ1) is 15.6. The Kier molecular flexibility index (Phi) is 5.62. The fourth-order valence-corrected chi connectivity index (χ4v) is 6.09. The predicted molar refractivity (Wildman–Crippen MR) is 115 cm³/mol. The van der Waals surface area contributed by atoms with Gasteiger partial charge in [0.05, 0.1) is 18.1 Å². The third-order valence-electron chi connectivity index (χ3n) is 7.22. The SMILES string of the molecule is CCOC(=O)N1CC[C@]23c4c(C)ccc(OC(C)=O)c4OC2C(=O)CC[C@@]3(OC(C)=O)[C@H]1C. The van der Waals surface area contributed by atoms with Crippen LogP contribution in [0, 0.1) is 6.92 Å². The lowest BCUT2D eigenvalue weighted by molar-refractivity contribution is -0.205. The van der Waals surface area contributed by atoms with E-state index in [4.69, 9.17) is 18.9 Å². The van der Waals surface area contributed by atoms with Gasteiger partial charge in [-0.3, -0.25) is 14.4 Å². The van der Waals surface area contributed by atoms with E-state index in [9.17, 15) is 19.2 Å². The molecule has 1 amide bonds. The summed E-state index contributed by atoms with van der Waals surface area (Å²) < 4.78 is 23.0. The van der Waals surface area contributed by atoms with Crippen molar-refractivity contribution < 1.29 is 38.1 Å². The molecule has 33 heavy (non-hydrogen) atoms. The summed E-state index contributed by atoms with van der Waals surface area (Å²) in [5.41, 5.74) is -0.749. The van der Waals surface area contributed by atoms with E-state index in [0.29, 0.717) is 17.7 Å². The first-order valence-corrected chi connectivity index (χ1v) is 11.2. The summed E-state index contributed by atoms with van der Waals surface area (Å²) in [4.78, 5) is 51.7. The molecule has 1 aromatic carbocycles. The number of piperidine rings is 1. The number of rotatable bonds is 3. The number of fused-ring (bicyclic) bond motifs is 1. The van der Waals surface area contributed by atoms with Gasteiger partial charge < -0.3 is 23.8 Å². The van der Waals surface area contributed by atoms with Gasteiger partial charge in [0, 0.05) is 32.4 Å². The van der Waals surface area contributed by atoms with Crippen molar-refractivity contribution in [2.45, 2.75) is 77.0 Å². The monoisotopic (exact) mass is 459 g/mol. The molecule has 2 heterocycles. The van der Waals surface area contributed by atoms with Crippen LogP contribution < -0.4 is 9.47 Å². The lowest BCUT2D eigenvalue weighted by Gasteiger charge is -2.60. The molecule has 0 aromatic heterocycles. The van der Waals surface area contributed by atoms with E-state index < -0.39 is 41.2 Å². The molecule has 1 saturated heterocycles. The van der Waals surface area contributed by atoms with Crippen LogP contribution in [0.4, 0.5) is 4.79 Å². The fourth-order valence-electron chi connectivity index (χ4n) is 6.09. The minimum atomic E-state index is -1.23. The minimum Gasteiger partial charge on any atom is -0.477 e. The summed E-state index contributed by atoms with van der Waals surface area (Å²) in [6.07, 6.45) is -0.750. The Balaban J connectivity index is 1.96. The van der Waals surface area contributed by atoms with Gasteiger partial charge in [-0.15, -0.1) is 0 Å². The summed E-state index contributed by atoms with van der Waals surface area (Å²) in [5.74, 6) is -0.600. The smallest absolute Gasteiger partial charge is 0.410 e. The number of hydrogen-bond acceptors (Lipinski definition) is 8. The fraction of sp³-hybridized carbons (Fsp3) is 0.583. The van der Waals surface area contributed by atoms with Crippen molar-refractivity contribution in [1.29, 1.82) is 0 Å². The van der Waals surface area contributed by atoms with Gasteiger partial charge in [0.2, 0.25) is 0 Å². The summed E-state index contributed by atoms with van der Waals surface area (Å²) in [6.45, 7) is 8.54. The minimum absolute atomic E-state index is 0.112. The number of carbonyl (C=O) groups excluding carboxylic acids is 4. The van der Waals surface area contributed by atoms with Gasteiger partial charge in [0.1, 0.15) is 5.60 Å². The van der Waals surface area contributed by atoms with E-state index in [-0.39, 0.29) is 37.5 Å². The number of Topliss-reactive ketones (excluding diaryl/α,β-unsaturated/α-hetero) is 1. The topological polar surface area (TPSA) is 108 Å². The average Bonchev–Trinajstić information content (AvgIpc) is 3.09. The number of carbonyl (C=O) groups is 4. The van der Waals surface area contributed by atoms with Crippen LogP contribution in [0.1, 0.15) is 58.1 Å². The highest BCUT2D eigenvalue weighted by Crippen LogP contribution is 2.63. The Labute approximate surface area is 192 Å². The second-order valence-electron chi connectivity index (χ2n) is 8.92. The van der Waals surface area contributed by atoms with Crippen molar-refractivity contribution in [1.82, 2.24) is 4.90 Å². The number of esters is 2. The number of nitrogens with zero attached hydrogens (tertiary/aromatic N) is 1. The number of ketones is 1. The average molecular weight is 459 g/mol. The van der Waals surface area contributed by atoms with Crippen molar-refractivity contribution >= 4 is 23.8 Å². The first-order valence-electron chi connectivity index (χ1n) is 11.2. The third-order valence-corrected chi connectivity index (χ3v) is 7.22. The molecule has 1 aliphatic carbocycles. The Morgan fingerprint density at radius 1 is 1.18 bits per heavy atom. The van der Waals surface area contributed by atoms with Gasteiger partial charge in [0.15, 0.2) is 23.4 Å². The van der Waals surface area contributed by atoms with Crippen molar-refractivity contribution in [2.24, 2.45) is 0 Å². The zero-order valence-corrected chi connectivity index (χ0v) is 19.6. The third kappa shape index (κ3) is 3.20. The second-order valence-corrected chi connectivity index (χ2v) is 8.92. The number of amides is 1. The first kappa shape index (κ1) is 23.1. The lowest BCUT2D eigenvalue weighted by atomic mass is 9.52. The molecule has 2 aliphatic heterocycles. The van der Waals surface area contributed by atoms with Crippen molar-refractivity contribution in [3.63, 3.8) is 0 Å². The number of likely N-dealkylation sites (tertiary alicyclic amines) is 1. The van der Waals surface area contributed by atoms with Crippen molar-refractivity contribution in [2.75, 3.05) is 13.2 Å². The number of aryl methyl sites for hydroxylation is 1. The maximum absolute atomic E-state index is 13.2. The van der Waals surface area contributed by atoms with Gasteiger partial charge in [0.25, 0.3) is 0 Å². The largest absolute Gasteiger partial charge is 0.477 e. The van der Waals surface area contributed by atoms with E-state index in [0.717, 1.165) is 5.56 Å². The summed E-state index contributed by atoms with van der Waals surface area (Å²) in [5, 5.41) is 0. The van der Waals surface area contributed by atoms with Crippen molar-refractivity contribution in [3.8, 4) is 11.5 Å². The Morgan fingerprint density at radius 3 is 2.55 bits per heavy atom. The number of ether oxygens (including phenoxy) is 4. The maximum Gasteiger partial charge on any atom is 0.410 e. The molecular weight excluding hydrogens is 430 g/mol. The lowest BCUT2D eigenvalue weighted by Crippen LogP contribution is -2.75. The van der Waals surface area contributed by atoms with E-state index >= 15 is 0 Å². The molecule has 1 unspecified atom stereocenters. The molecule has 1 spiro atoms. The van der Waals surface area contributed by atoms with Gasteiger partial charge >= 0.3 is 18.0 Å². The Hall–Kier alpha value is -3.10. The summed E-state index contributed by atoms with van der Waals surface area (Å²) in [7, 11) is 0. The molecule has 3 aliphatic rings. The van der Waals surface area contributed by atoms with E-state index in [1.807, 2.05) is 13.8 Å². The van der Waals surface area contributed by atoms with Crippen LogP contribution in [-0.4, -0.2) is 59.6 Å². The quantitative estimate of drug-likeness (QED) is 0.502. The normalized spacial score (nSPS) is 29.8. The molecule has 0 radical (unpaired) electrons. The van der Waals surface area contributed by atoms with Gasteiger partial charge in [-0.05, 0) is 45.2 Å². The molecule has 1 saturated carbocycles. The number of hydrogen-bond donors (Lipinski definition) is 0. The molecule has 178 valence electrons. The highest BCUT2D eigenvalue weighted by Gasteiger charge is 2.73. The van der Waals surface area contributed by atoms with E-state index in [1.54, 1.807) is 24.0 Å². The zero-order valence-electron chi connectivity index (χ0n) is 19.6. The highest BCUT2D eigenvalue weighted by atomic mass is 16.6. The molecule has 1 aromatic rings. The predicted octanol–water partition coefficient (Wildman–Crippen LogP) is 2.83. The molecule has 9 heteroatoms. The highest BCUT2D eigenvalue weighted by molar-refractivity contribution is 5.90. The number of benzene rings is 1. The Morgan fingerprint density at radius 2 is 1.91 bits per heavy atom. The van der Waals surface area contributed by atoms with Crippen molar-refractivity contribution in [3.05, 3.63) is 23.3 Å². The molecule has 9 nitrogen and oxygen atoms in total. The van der Waals surface area contributed by atoms with Gasteiger partial charge in [-0.25, -0.2) is 4.79 Å². The second kappa shape index (κ2) is 8.04. The zero-order chi connectivity index (χ0) is 24.1. The van der Waals surface area contributed by atoms with Gasteiger partial charge in [-0.2, -0.15) is 0 Å². The summed E-state index contributed by atoms with van der Waals surface area (Å²) >= 11 is 0. The molecule has 4 atom stereocenters. The van der Waals surface area contributed by atoms with Crippen LogP contribution >= 0.6 is 0 Å². The van der Waals surface area contributed by atoms with Crippen LogP contribution in [0.3, 0.4) is 0 Å². The molecule has 0 N–H and O–H groups in total. The van der Waals surface area contributed by atoms with E-state index in [2.05, 4.69) is 0 Å². The molecular formula is C24H29NO8. The molecule has 0 bridgehead atoms. The standard InChI is InChI=1S/C24H29NO8/c1-6-30-22(29)25-12-11-23-19-13(2)7-8-18(31-15(4)26)20(19)32-21(23)17(28)9-10-24(23,14(25)3)33-16(5)27/h7-8,14,21H,6,9-12H2,1-5H3/t14-,21?,23+,24-/m1/s1. The van der Waals surface area contributed by atoms with E-state index in [1.165, 1.54) is 13.8 Å². The van der Waals surface area contributed by atoms with Gasteiger partial charge in [-0.1, -0.05) is 6.07 Å². The molecule has 2 fully saturated rings. The van der Waals surface area contributed by atoms with Crippen LogP contribution in [0.25, 0.3) is 0 Å². The maximum atomic E-state index is 13.2. The Bertz CT molecular complexity index is 1040.